The van der Waals surface area contributed by atoms with Crippen molar-refractivity contribution in [3.8, 4) is 11.5 Å². The molecule has 7 aromatic rings. The molecule has 0 spiro atoms. The Morgan fingerprint density at radius 3 is 1.32 bits per heavy atom. The van der Waals surface area contributed by atoms with Gasteiger partial charge in [0.15, 0.2) is 0 Å². The summed E-state index contributed by atoms with van der Waals surface area (Å²) < 4.78 is 141. The van der Waals surface area contributed by atoms with Crippen LogP contribution in [0.2, 0.25) is 0 Å². The average Bonchev–Trinajstić information content (AvgIpc) is 1.57. The van der Waals surface area contributed by atoms with Gasteiger partial charge in [0.05, 0.1) is 69.0 Å². The molecule has 0 aliphatic carbocycles. The van der Waals surface area contributed by atoms with E-state index in [9.17, 15) is 104 Å². The maximum atomic E-state index is 14.8. The Balaban J connectivity index is 1.00. The first-order valence-electron chi connectivity index (χ1n) is 26.9. The van der Waals surface area contributed by atoms with Gasteiger partial charge in [0.1, 0.15) is 24.6 Å². The minimum absolute atomic E-state index is 0.0539. The lowest BCUT2D eigenvalue weighted by Crippen LogP contribution is -2.28. The third-order valence-corrected chi connectivity index (χ3v) is 16.1. The largest absolute Gasteiger partial charge is 0.525 e. The van der Waals surface area contributed by atoms with Crippen LogP contribution in [0.3, 0.4) is 0 Å². The molecule has 0 fully saturated rings. The minimum atomic E-state index is -5.36. The van der Waals surface area contributed by atoms with Gasteiger partial charge in [0.25, 0.3) is 11.8 Å². The van der Waals surface area contributed by atoms with Gasteiger partial charge in [-0.25, -0.2) is 28.3 Å². The number of H-pyrrole nitrogens is 2. The number of phosphoric ester groups is 2. The fraction of sp³-hybridized carbons (Fsp3) is 0.214. The summed E-state index contributed by atoms with van der Waals surface area (Å²) in [5.74, 6) is -9.13. The summed E-state index contributed by atoms with van der Waals surface area (Å²) >= 11 is 12.8. The number of fused-ring (bicyclic) bond motifs is 6. The second kappa shape index (κ2) is 27.3. The number of aromatic nitrogens is 2. The van der Waals surface area contributed by atoms with Crippen LogP contribution in [0, 0.1) is 20.2 Å². The van der Waals surface area contributed by atoms with Crippen molar-refractivity contribution in [3.63, 3.8) is 0 Å². The predicted molar refractivity (Wildman–Crippen MR) is 325 cm³/mol. The second-order valence-corrected chi connectivity index (χ2v) is 23.5. The molecule has 506 valence electrons. The lowest BCUT2D eigenvalue weighted by atomic mass is 9.95. The molecule has 96 heavy (non-hydrogen) atoms. The van der Waals surface area contributed by atoms with Crippen molar-refractivity contribution in [2.24, 2.45) is 0 Å². The lowest BCUT2D eigenvalue weighted by molar-refractivity contribution is -0.385. The Bertz CT molecular complexity index is 4290. The van der Waals surface area contributed by atoms with Crippen LogP contribution < -0.4 is 29.5 Å². The van der Waals surface area contributed by atoms with E-state index >= 15 is 0 Å². The highest BCUT2D eigenvalue weighted by Gasteiger charge is 2.46. The molecule has 30 nitrogen and oxygen atoms in total. The normalized spacial score (nSPS) is 14.8. The van der Waals surface area contributed by atoms with Crippen molar-refractivity contribution >= 4 is 143 Å². The minimum Gasteiger partial charge on any atom is -0.465 e. The molecule has 2 unspecified atom stereocenters. The van der Waals surface area contributed by atoms with Crippen LogP contribution in [0.15, 0.2) is 84.9 Å². The first kappa shape index (κ1) is 70.3. The number of carbonyl (C=O) groups excluding carboxylic acids is 6. The standard InChI is InChI=1S/C56H44Cl2F6N8O22P2/c1-89-51(75)45-43-41-29(19-57)21-69(35(41)17-31(47(43)67-49(45)55(59,60)61)65-53(77)91-23-27-6-10-33(71(79)80)37(15-27)93-95(83,84)85)39(73)12-8-25-4-3-5-26(14-25)9-13-40(74)70-22-30(20-58)42-36(70)18-32(48-44(42)46(52(76)90-2)50(68-48)56(62,63)64)66-54(78)92-24-28-7-11-34(72(81)82)38(16-28)94-96(86,87)88/h3-18,29-30,67-68H,19-24H2,1-2H3,(H,65,77)(H,66,78)(H2,83,84,85)(H2,86,87,88)/b12-8+,13-9+. The van der Waals surface area contributed by atoms with Crippen LogP contribution in [-0.2, 0) is 63.2 Å². The lowest BCUT2D eigenvalue weighted by Gasteiger charge is -2.18. The van der Waals surface area contributed by atoms with Gasteiger partial charge in [-0.2, -0.15) is 26.3 Å². The van der Waals surface area contributed by atoms with Crippen LogP contribution >= 0.6 is 38.8 Å². The molecule has 2 aliphatic rings. The van der Waals surface area contributed by atoms with Gasteiger partial charge >= 0.3 is 63.5 Å². The molecule has 5 aromatic carbocycles. The van der Waals surface area contributed by atoms with Crippen LogP contribution in [0.4, 0.5) is 70.1 Å². The molecule has 8 N–H and O–H groups in total. The molecule has 40 heteroatoms. The number of anilines is 4. The summed E-state index contributed by atoms with van der Waals surface area (Å²) in [5, 5.41) is 26.6. The summed E-state index contributed by atoms with van der Waals surface area (Å²) in [6, 6.07) is 13.4. The summed E-state index contributed by atoms with van der Waals surface area (Å²) in [4.78, 5) is 147. The fourth-order valence-corrected chi connectivity index (χ4v) is 11.9. The Labute approximate surface area is 542 Å². The highest BCUT2D eigenvalue weighted by molar-refractivity contribution is 7.47. The molecule has 0 saturated carbocycles. The van der Waals surface area contributed by atoms with Gasteiger partial charge < -0.3 is 47.8 Å². The van der Waals surface area contributed by atoms with E-state index in [4.69, 9.17) is 42.1 Å². The third kappa shape index (κ3) is 15.0. The molecule has 0 saturated heterocycles. The summed E-state index contributed by atoms with van der Waals surface area (Å²) in [5.41, 5.74) is -9.20. The number of nitrogens with one attached hydrogen (secondary N) is 4. The summed E-state index contributed by atoms with van der Waals surface area (Å²) in [7, 11) is -9.10. The predicted octanol–water partition coefficient (Wildman–Crippen LogP) is 11.3. The molecule has 9 rings (SSSR count). The maximum absolute atomic E-state index is 14.8. The van der Waals surface area contributed by atoms with Crippen molar-refractivity contribution in [2.75, 3.05) is 59.5 Å². The molecule has 0 radical (unpaired) electrons. The Morgan fingerprint density at radius 2 is 1.00 bits per heavy atom. The number of methoxy groups -OCH3 is 2. The van der Waals surface area contributed by atoms with E-state index in [1.165, 1.54) is 36.4 Å². The third-order valence-electron chi connectivity index (χ3n) is 14.5. The van der Waals surface area contributed by atoms with E-state index in [0.29, 0.717) is 11.1 Å². The molecule has 2 aliphatic heterocycles. The average molecular weight is 1430 g/mol. The number of hydrogen-bond donors (Lipinski definition) is 8. The van der Waals surface area contributed by atoms with Crippen molar-refractivity contribution in [1.82, 2.24) is 9.97 Å². The van der Waals surface area contributed by atoms with Gasteiger partial charge in [-0.05, 0) is 88.0 Å². The molecule has 0 bridgehead atoms. The van der Waals surface area contributed by atoms with Gasteiger partial charge in [-0.1, -0.05) is 18.2 Å². The zero-order chi connectivity index (χ0) is 70.3. The zero-order valence-corrected chi connectivity index (χ0v) is 51.8. The SMILES string of the molecule is COC(=O)c1c(C(F)(F)F)[nH]c2c(NC(=O)OCc3ccc([N+](=O)[O-])c(OP(=O)(O)O)c3)cc3c(c12)C(CCl)CN3C(=O)/C=C/c1cccc(/C=C/C(=O)N2CC(CCl)c3c2cc(NC(=O)OCc2ccc([N+](=O)[O-])c(OP(=O)(O)O)c2)c2[nH]c(C(F)(F)F)c(C(=O)OC)c32)c1. The van der Waals surface area contributed by atoms with Crippen molar-refractivity contribution in [1.29, 1.82) is 0 Å². The number of alkyl halides is 8. The van der Waals surface area contributed by atoms with E-state index in [1.807, 2.05) is 0 Å². The number of esters is 2. The zero-order valence-electron chi connectivity index (χ0n) is 48.5. The number of nitrogens with zero attached hydrogens (tertiary/aromatic N) is 4. The fourth-order valence-electron chi connectivity index (χ4n) is 10.6. The van der Waals surface area contributed by atoms with E-state index in [1.54, 1.807) is 0 Å². The van der Waals surface area contributed by atoms with Gasteiger partial charge in [0.2, 0.25) is 11.5 Å². The number of phosphoric acid groups is 2. The Kier molecular flexibility index (Phi) is 20.0. The monoisotopic (exact) mass is 1430 g/mol. The molecular formula is C56H44Cl2F6N8O22P2. The van der Waals surface area contributed by atoms with Crippen molar-refractivity contribution in [3.05, 3.63) is 161 Å². The number of benzene rings is 5. The molecule has 2 atom stereocenters. The number of nitro benzene ring substituents is 2. The van der Waals surface area contributed by atoms with Crippen molar-refractivity contribution < 1.29 is 122 Å². The van der Waals surface area contributed by atoms with Crippen LogP contribution in [0.25, 0.3) is 34.0 Å². The van der Waals surface area contributed by atoms with Gasteiger partial charge in [-0.3, -0.25) is 60.0 Å². The summed E-state index contributed by atoms with van der Waals surface area (Å²) in [6.45, 7) is -2.20. The van der Waals surface area contributed by atoms with Gasteiger partial charge in [0, 0.05) is 71.7 Å². The number of aromatic amines is 2. The first-order chi connectivity index (χ1) is 45.0. The quantitative estimate of drug-likeness (QED) is 0.00513. The van der Waals surface area contributed by atoms with E-state index in [2.05, 4.69) is 29.6 Å². The van der Waals surface area contributed by atoms with E-state index < -0.39 is 177 Å². The molecule has 4 amide bonds. The van der Waals surface area contributed by atoms with E-state index in [-0.39, 0.29) is 58.5 Å². The van der Waals surface area contributed by atoms with Gasteiger partial charge in [-0.15, -0.1) is 23.2 Å². The Morgan fingerprint density at radius 1 is 0.625 bits per heavy atom. The number of nitro groups is 2. The smallest absolute Gasteiger partial charge is 0.465 e. The highest BCUT2D eigenvalue weighted by Crippen LogP contribution is 2.52. The summed E-state index contributed by atoms with van der Waals surface area (Å²) in [6.07, 6.45) is -8.64. The van der Waals surface area contributed by atoms with Crippen LogP contribution in [0.5, 0.6) is 11.5 Å². The number of ether oxygens (including phenoxy) is 4. The first-order valence-corrected chi connectivity index (χ1v) is 31.1. The Hall–Kier alpha value is -10.1. The number of carbonyl (C=O) groups is 6. The molecule has 4 heterocycles. The molecular weight excluding hydrogens is 1380 g/mol. The van der Waals surface area contributed by atoms with Crippen molar-refractivity contribution in [2.45, 2.75) is 37.4 Å². The maximum Gasteiger partial charge on any atom is 0.525 e. The number of hydrogen-bond acceptors (Lipinski definition) is 18. The molecule has 2 aromatic heterocycles. The number of halogens is 8. The second-order valence-electron chi connectivity index (χ2n) is 20.6. The highest BCUT2D eigenvalue weighted by atomic mass is 35.5. The topological polar surface area (TPSA) is 421 Å². The number of rotatable bonds is 20. The number of amides is 4. The van der Waals surface area contributed by atoms with Crippen LogP contribution in [0.1, 0.15) is 77.3 Å². The van der Waals surface area contributed by atoms with E-state index in [0.717, 1.165) is 84.7 Å². The van der Waals surface area contributed by atoms with Crippen LogP contribution in [-0.4, -0.2) is 114 Å².